The highest BCUT2D eigenvalue weighted by molar-refractivity contribution is 5.83. The summed E-state index contributed by atoms with van der Waals surface area (Å²) in [6, 6.07) is -1.46. The summed E-state index contributed by atoms with van der Waals surface area (Å²) in [5.74, 6) is -1.10. The number of aliphatic carboxylic acids is 1. The van der Waals surface area contributed by atoms with Gasteiger partial charge in [0.1, 0.15) is 6.04 Å². The van der Waals surface area contributed by atoms with E-state index >= 15 is 0 Å². The number of urea groups is 1. The van der Waals surface area contributed by atoms with Crippen LogP contribution in [-0.2, 0) is 18.4 Å². The predicted molar refractivity (Wildman–Crippen MR) is 64.2 cm³/mol. The monoisotopic (exact) mass is 268 g/mol. The zero-order valence-electron chi connectivity index (χ0n) is 10.5. The van der Waals surface area contributed by atoms with Crippen LogP contribution in [0.25, 0.3) is 0 Å². The molecule has 1 aromatic heterocycles. The van der Waals surface area contributed by atoms with Crippen molar-refractivity contribution >= 4 is 12.0 Å². The molecule has 2 unspecified atom stereocenters. The number of carbonyl (C=O) groups excluding carboxylic acids is 1. The Morgan fingerprint density at radius 1 is 1.58 bits per heavy atom. The maximum atomic E-state index is 11.9. The van der Waals surface area contributed by atoms with Crippen LogP contribution in [0.15, 0.2) is 12.4 Å². The second-order valence-electron chi connectivity index (χ2n) is 4.58. The van der Waals surface area contributed by atoms with Gasteiger partial charge in [0.25, 0.3) is 0 Å². The Bertz CT molecular complexity index is 487. The van der Waals surface area contributed by atoms with Crippen LogP contribution < -0.4 is 5.32 Å². The van der Waals surface area contributed by atoms with Crippen molar-refractivity contribution in [2.75, 3.05) is 6.54 Å². The molecule has 2 rings (SSSR count). The number of aryl methyl sites for hydroxylation is 1. The van der Waals surface area contributed by atoms with Crippen LogP contribution in [0, 0.1) is 0 Å². The molecule has 104 valence electrons. The second kappa shape index (κ2) is 5.27. The molecule has 8 nitrogen and oxygen atoms in total. The Labute approximate surface area is 109 Å². The number of aliphatic hydroxyl groups is 1. The number of carboxylic acids is 1. The number of amides is 2. The lowest BCUT2D eigenvalue weighted by molar-refractivity contribution is -0.141. The van der Waals surface area contributed by atoms with Crippen LogP contribution >= 0.6 is 0 Å². The third-order valence-electron chi connectivity index (χ3n) is 3.03. The van der Waals surface area contributed by atoms with Crippen LogP contribution in [0.2, 0.25) is 0 Å². The fraction of sp³-hybridized carbons (Fsp3) is 0.545. The van der Waals surface area contributed by atoms with Crippen molar-refractivity contribution in [2.45, 2.75) is 25.1 Å². The number of hydrogen-bond acceptors (Lipinski definition) is 4. The third kappa shape index (κ3) is 3.02. The van der Waals surface area contributed by atoms with Crippen LogP contribution in [0.5, 0.6) is 0 Å². The summed E-state index contributed by atoms with van der Waals surface area (Å²) >= 11 is 0. The van der Waals surface area contributed by atoms with E-state index in [-0.39, 0.29) is 19.5 Å². The van der Waals surface area contributed by atoms with Gasteiger partial charge in [-0.15, -0.1) is 0 Å². The van der Waals surface area contributed by atoms with Gasteiger partial charge in [0.15, 0.2) is 0 Å². The van der Waals surface area contributed by atoms with Gasteiger partial charge in [-0.05, 0) is 0 Å². The van der Waals surface area contributed by atoms with Crippen LogP contribution in [-0.4, -0.2) is 55.6 Å². The largest absolute Gasteiger partial charge is 0.480 e. The van der Waals surface area contributed by atoms with Gasteiger partial charge in [-0.3, -0.25) is 4.68 Å². The van der Waals surface area contributed by atoms with Gasteiger partial charge in [-0.25, -0.2) is 9.59 Å². The maximum Gasteiger partial charge on any atom is 0.326 e. The van der Waals surface area contributed by atoms with Crippen molar-refractivity contribution in [3.05, 3.63) is 18.0 Å². The molecule has 1 saturated heterocycles. The molecule has 0 bridgehead atoms. The molecule has 0 aromatic carbocycles. The zero-order chi connectivity index (χ0) is 14.0. The van der Waals surface area contributed by atoms with Gasteiger partial charge < -0.3 is 20.4 Å². The Balaban J connectivity index is 1.93. The van der Waals surface area contributed by atoms with Crippen molar-refractivity contribution in [3.8, 4) is 0 Å². The number of nitrogens with one attached hydrogen (secondary N) is 1. The first kappa shape index (κ1) is 13.3. The molecule has 0 saturated carbocycles. The van der Waals surface area contributed by atoms with Gasteiger partial charge in [0.05, 0.1) is 12.3 Å². The summed E-state index contributed by atoms with van der Waals surface area (Å²) < 4.78 is 1.61. The topological polar surface area (TPSA) is 108 Å². The first-order valence-corrected chi connectivity index (χ1v) is 5.90. The zero-order valence-corrected chi connectivity index (χ0v) is 10.5. The highest BCUT2D eigenvalue weighted by Gasteiger charge is 2.38. The molecule has 1 fully saturated rings. The number of aromatic nitrogens is 2. The SMILES string of the molecule is Cn1cc(CNC(=O)N2CC(O)CC2C(=O)O)cn1. The van der Waals surface area contributed by atoms with E-state index in [9.17, 15) is 14.7 Å². The quantitative estimate of drug-likeness (QED) is 0.662. The number of carboxylic acid groups (broad SMARTS) is 1. The van der Waals surface area contributed by atoms with E-state index in [1.54, 1.807) is 24.1 Å². The average molecular weight is 268 g/mol. The van der Waals surface area contributed by atoms with Crippen LogP contribution in [0.1, 0.15) is 12.0 Å². The molecule has 0 spiro atoms. The highest BCUT2D eigenvalue weighted by atomic mass is 16.4. The molecule has 1 aliphatic heterocycles. The van der Waals surface area contributed by atoms with Gasteiger partial charge in [-0.1, -0.05) is 0 Å². The van der Waals surface area contributed by atoms with Crippen LogP contribution in [0.3, 0.4) is 0 Å². The minimum absolute atomic E-state index is 0.0375. The molecule has 8 heteroatoms. The van der Waals surface area contributed by atoms with E-state index in [2.05, 4.69) is 10.4 Å². The standard InChI is InChI=1S/C11H16N4O4/c1-14-5-7(4-13-14)3-12-11(19)15-6-8(16)2-9(15)10(17)18/h4-5,8-9,16H,2-3,6H2,1H3,(H,12,19)(H,17,18). The van der Waals surface area contributed by atoms with Gasteiger partial charge in [0.2, 0.25) is 0 Å². The Morgan fingerprint density at radius 2 is 2.32 bits per heavy atom. The lowest BCUT2D eigenvalue weighted by atomic mass is 10.2. The molecule has 1 aromatic rings. The lowest BCUT2D eigenvalue weighted by Gasteiger charge is -2.21. The second-order valence-corrected chi connectivity index (χ2v) is 4.58. The van der Waals surface area contributed by atoms with Crippen molar-refractivity contribution in [1.29, 1.82) is 0 Å². The van der Waals surface area contributed by atoms with E-state index in [1.165, 1.54) is 0 Å². The fourth-order valence-electron chi connectivity index (χ4n) is 2.11. The molecule has 3 N–H and O–H groups in total. The van der Waals surface area contributed by atoms with Crippen molar-refractivity contribution in [3.63, 3.8) is 0 Å². The first-order valence-electron chi connectivity index (χ1n) is 5.90. The number of likely N-dealkylation sites (tertiary alicyclic amines) is 1. The van der Waals surface area contributed by atoms with Gasteiger partial charge in [0, 0.05) is 38.3 Å². The molecular weight excluding hydrogens is 252 g/mol. The summed E-state index contributed by atoms with van der Waals surface area (Å²) in [4.78, 5) is 24.0. The Hall–Kier alpha value is -2.09. The van der Waals surface area contributed by atoms with E-state index in [0.29, 0.717) is 0 Å². The maximum absolute atomic E-state index is 11.9. The molecule has 0 aliphatic carbocycles. The molecule has 19 heavy (non-hydrogen) atoms. The molecule has 0 radical (unpaired) electrons. The number of aliphatic hydroxyl groups excluding tert-OH is 1. The van der Waals surface area contributed by atoms with Crippen molar-refractivity contribution in [1.82, 2.24) is 20.0 Å². The fourth-order valence-corrected chi connectivity index (χ4v) is 2.11. The minimum atomic E-state index is -1.10. The van der Waals surface area contributed by atoms with Crippen LogP contribution in [0.4, 0.5) is 4.79 Å². The normalized spacial score (nSPS) is 22.5. The van der Waals surface area contributed by atoms with Crippen molar-refractivity contribution in [2.24, 2.45) is 7.05 Å². The number of rotatable bonds is 3. The summed E-state index contributed by atoms with van der Waals surface area (Å²) in [5, 5.41) is 25.0. The molecule has 2 heterocycles. The van der Waals surface area contributed by atoms with E-state index < -0.39 is 24.1 Å². The van der Waals surface area contributed by atoms with E-state index in [1.807, 2.05) is 0 Å². The molecule has 1 aliphatic rings. The molecular formula is C11H16N4O4. The first-order chi connectivity index (χ1) is 8.97. The van der Waals surface area contributed by atoms with Gasteiger partial charge >= 0.3 is 12.0 Å². The van der Waals surface area contributed by atoms with Crippen molar-refractivity contribution < 1.29 is 19.8 Å². The highest BCUT2D eigenvalue weighted by Crippen LogP contribution is 2.18. The van der Waals surface area contributed by atoms with E-state index in [4.69, 9.17) is 5.11 Å². The average Bonchev–Trinajstić information content (AvgIpc) is 2.92. The minimum Gasteiger partial charge on any atom is -0.480 e. The Kier molecular flexibility index (Phi) is 3.70. The summed E-state index contributed by atoms with van der Waals surface area (Å²) in [6.07, 6.45) is 2.65. The third-order valence-corrected chi connectivity index (χ3v) is 3.03. The number of β-amino-alcohol motifs (C(OH)–C–C–N with tert-alkyl or cyclic N) is 1. The number of hydrogen-bond donors (Lipinski definition) is 3. The summed E-state index contributed by atoms with van der Waals surface area (Å²) in [7, 11) is 1.77. The van der Waals surface area contributed by atoms with Gasteiger partial charge in [-0.2, -0.15) is 5.10 Å². The number of nitrogens with zero attached hydrogens (tertiary/aromatic N) is 3. The lowest BCUT2D eigenvalue weighted by Crippen LogP contribution is -2.45. The summed E-state index contributed by atoms with van der Waals surface area (Å²) in [5.41, 5.74) is 0.822. The predicted octanol–water partition coefficient (Wildman–Crippen LogP) is -0.850. The Morgan fingerprint density at radius 3 is 2.89 bits per heavy atom. The summed E-state index contributed by atoms with van der Waals surface area (Å²) in [6.45, 7) is 0.307. The van der Waals surface area contributed by atoms with E-state index in [0.717, 1.165) is 10.5 Å². The number of carbonyl (C=O) groups is 2. The molecule has 2 atom stereocenters. The smallest absolute Gasteiger partial charge is 0.326 e. The molecule has 2 amide bonds.